The van der Waals surface area contributed by atoms with Crippen LogP contribution in [0.3, 0.4) is 0 Å². The molecule has 0 saturated heterocycles. The van der Waals surface area contributed by atoms with Crippen molar-refractivity contribution in [1.29, 1.82) is 0 Å². The SMILES string of the molecule is COc1cc(C(=O)Cl)ccc1OCc1cccc(F)c1. The molecule has 3 nitrogen and oxygen atoms in total. The summed E-state index contributed by atoms with van der Waals surface area (Å²) in [4.78, 5) is 11.1. The number of ether oxygens (including phenoxy) is 2. The summed E-state index contributed by atoms with van der Waals surface area (Å²) in [6, 6.07) is 10.8. The van der Waals surface area contributed by atoms with Gasteiger partial charge < -0.3 is 9.47 Å². The number of methoxy groups -OCH3 is 1. The number of hydrogen-bond donors (Lipinski definition) is 0. The van der Waals surface area contributed by atoms with E-state index in [1.54, 1.807) is 24.3 Å². The molecule has 0 spiro atoms. The molecule has 0 aliphatic carbocycles. The lowest BCUT2D eigenvalue weighted by Gasteiger charge is -2.11. The average Bonchev–Trinajstić information content (AvgIpc) is 2.45. The second-order valence-corrected chi connectivity index (χ2v) is 4.40. The maximum Gasteiger partial charge on any atom is 0.252 e. The van der Waals surface area contributed by atoms with Gasteiger partial charge in [0.25, 0.3) is 5.24 Å². The molecule has 0 radical (unpaired) electrons. The molecule has 20 heavy (non-hydrogen) atoms. The minimum atomic E-state index is -0.569. The maximum absolute atomic E-state index is 13.0. The Bertz CT molecular complexity index is 628. The van der Waals surface area contributed by atoms with Crippen molar-refractivity contribution in [3.05, 3.63) is 59.4 Å². The summed E-state index contributed by atoms with van der Waals surface area (Å²) in [5.41, 5.74) is 1.02. The summed E-state index contributed by atoms with van der Waals surface area (Å²) in [7, 11) is 1.47. The molecule has 0 saturated carbocycles. The Labute approximate surface area is 120 Å². The van der Waals surface area contributed by atoms with Crippen molar-refractivity contribution in [3.8, 4) is 11.5 Å². The van der Waals surface area contributed by atoms with E-state index in [0.717, 1.165) is 0 Å². The molecule has 0 aromatic heterocycles. The summed E-state index contributed by atoms with van der Waals surface area (Å²) in [6.45, 7) is 0.197. The van der Waals surface area contributed by atoms with E-state index in [1.165, 1.54) is 25.3 Å². The molecule has 0 fully saturated rings. The average molecular weight is 295 g/mol. The normalized spacial score (nSPS) is 10.2. The lowest BCUT2D eigenvalue weighted by atomic mass is 10.2. The van der Waals surface area contributed by atoms with Crippen molar-refractivity contribution < 1.29 is 18.7 Å². The fourth-order valence-electron chi connectivity index (χ4n) is 1.70. The molecule has 0 aliphatic heterocycles. The molecule has 0 N–H and O–H groups in total. The first kappa shape index (κ1) is 14.3. The first-order valence-corrected chi connectivity index (χ1v) is 6.23. The Kier molecular flexibility index (Phi) is 4.58. The highest BCUT2D eigenvalue weighted by Gasteiger charge is 2.09. The minimum absolute atomic E-state index is 0.197. The molecule has 0 heterocycles. The van der Waals surface area contributed by atoms with Gasteiger partial charge in [-0.1, -0.05) is 12.1 Å². The van der Waals surface area contributed by atoms with Gasteiger partial charge >= 0.3 is 0 Å². The Morgan fingerprint density at radius 2 is 2.00 bits per heavy atom. The third kappa shape index (κ3) is 3.48. The van der Waals surface area contributed by atoms with Crippen molar-refractivity contribution in [1.82, 2.24) is 0 Å². The zero-order valence-corrected chi connectivity index (χ0v) is 11.5. The van der Waals surface area contributed by atoms with Crippen molar-refractivity contribution in [2.45, 2.75) is 6.61 Å². The summed E-state index contributed by atoms with van der Waals surface area (Å²) in [5, 5.41) is -0.569. The summed E-state index contributed by atoms with van der Waals surface area (Å²) >= 11 is 5.40. The lowest BCUT2D eigenvalue weighted by molar-refractivity contribution is 0.108. The van der Waals surface area contributed by atoms with Gasteiger partial charge in [0.2, 0.25) is 0 Å². The minimum Gasteiger partial charge on any atom is -0.493 e. The predicted molar refractivity (Wildman–Crippen MR) is 73.9 cm³/mol. The van der Waals surface area contributed by atoms with Crippen molar-refractivity contribution in [2.24, 2.45) is 0 Å². The molecular weight excluding hydrogens is 283 g/mol. The summed E-state index contributed by atoms with van der Waals surface area (Å²) in [6.07, 6.45) is 0. The topological polar surface area (TPSA) is 35.5 Å². The van der Waals surface area contributed by atoms with Gasteiger partial charge in [-0.3, -0.25) is 4.79 Å². The Hall–Kier alpha value is -2.07. The van der Waals surface area contributed by atoms with Crippen LogP contribution in [0.25, 0.3) is 0 Å². The number of rotatable bonds is 5. The fraction of sp³-hybridized carbons (Fsp3) is 0.133. The van der Waals surface area contributed by atoms with E-state index >= 15 is 0 Å². The quantitative estimate of drug-likeness (QED) is 0.787. The summed E-state index contributed by atoms with van der Waals surface area (Å²) in [5.74, 6) is 0.535. The second kappa shape index (κ2) is 6.39. The van der Waals surface area contributed by atoms with Crippen LogP contribution >= 0.6 is 11.6 Å². The van der Waals surface area contributed by atoms with E-state index in [0.29, 0.717) is 22.6 Å². The highest BCUT2D eigenvalue weighted by Crippen LogP contribution is 2.29. The van der Waals surface area contributed by atoms with Gasteiger partial charge in [-0.25, -0.2) is 4.39 Å². The molecule has 0 bridgehead atoms. The van der Waals surface area contributed by atoms with Crippen molar-refractivity contribution in [3.63, 3.8) is 0 Å². The zero-order valence-electron chi connectivity index (χ0n) is 10.7. The van der Waals surface area contributed by atoms with Crippen LogP contribution in [0, 0.1) is 5.82 Å². The Morgan fingerprint density at radius 3 is 2.65 bits per heavy atom. The highest BCUT2D eigenvalue weighted by atomic mass is 35.5. The van der Waals surface area contributed by atoms with E-state index in [4.69, 9.17) is 21.1 Å². The van der Waals surface area contributed by atoms with Crippen molar-refractivity contribution >= 4 is 16.8 Å². The molecule has 0 unspecified atom stereocenters. The molecule has 0 amide bonds. The molecule has 2 aromatic carbocycles. The van der Waals surface area contributed by atoms with Crippen LogP contribution in [-0.4, -0.2) is 12.4 Å². The Morgan fingerprint density at radius 1 is 1.20 bits per heavy atom. The number of benzene rings is 2. The van der Waals surface area contributed by atoms with Gasteiger partial charge in [0.05, 0.1) is 7.11 Å². The molecule has 0 aliphatic rings. The van der Waals surface area contributed by atoms with Gasteiger partial charge in [-0.05, 0) is 47.5 Å². The van der Waals surface area contributed by atoms with Crippen molar-refractivity contribution in [2.75, 3.05) is 7.11 Å². The fourth-order valence-corrected chi connectivity index (χ4v) is 1.81. The molecule has 2 aromatic rings. The van der Waals surface area contributed by atoms with Crippen LogP contribution in [0.2, 0.25) is 0 Å². The maximum atomic E-state index is 13.0. The van der Waals surface area contributed by atoms with E-state index in [1.807, 2.05) is 0 Å². The number of halogens is 2. The predicted octanol–water partition coefficient (Wildman–Crippen LogP) is 3.79. The second-order valence-electron chi connectivity index (χ2n) is 4.06. The van der Waals surface area contributed by atoms with E-state index in [2.05, 4.69) is 0 Å². The highest BCUT2D eigenvalue weighted by molar-refractivity contribution is 6.67. The smallest absolute Gasteiger partial charge is 0.252 e. The third-order valence-corrected chi connectivity index (χ3v) is 2.89. The van der Waals surface area contributed by atoms with E-state index in [-0.39, 0.29) is 12.4 Å². The largest absolute Gasteiger partial charge is 0.493 e. The van der Waals surface area contributed by atoms with Crippen LogP contribution < -0.4 is 9.47 Å². The van der Waals surface area contributed by atoms with Crippen LogP contribution in [0.15, 0.2) is 42.5 Å². The van der Waals surface area contributed by atoms with Gasteiger partial charge in [0.1, 0.15) is 12.4 Å². The molecular formula is C15H12ClFO3. The molecule has 5 heteroatoms. The first-order valence-electron chi connectivity index (χ1n) is 5.85. The molecule has 0 atom stereocenters. The third-order valence-electron chi connectivity index (χ3n) is 2.67. The van der Waals surface area contributed by atoms with Gasteiger partial charge in [0.15, 0.2) is 11.5 Å². The van der Waals surface area contributed by atoms with Gasteiger partial charge in [-0.15, -0.1) is 0 Å². The number of carbonyl (C=O) groups is 1. The van der Waals surface area contributed by atoms with Crippen LogP contribution in [0.5, 0.6) is 11.5 Å². The standard InChI is InChI=1S/C15H12ClFO3/c1-19-14-8-11(15(16)18)5-6-13(14)20-9-10-3-2-4-12(17)7-10/h2-8H,9H2,1H3. The number of carbonyl (C=O) groups excluding carboxylic acids is 1. The monoisotopic (exact) mass is 294 g/mol. The van der Waals surface area contributed by atoms with E-state index in [9.17, 15) is 9.18 Å². The first-order chi connectivity index (χ1) is 9.60. The Balaban J connectivity index is 2.15. The number of hydrogen-bond acceptors (Lipinski definition) is 3. The summed E-state index contributed by atoms with van der Waals surface area (Å²) < 4.78 is 23.7. The molecule has 104 valence electrons. The van der Waals surface area contributed by atoms with Crippen LogP contribution in [0.1, 0.15) is 15.9 Å². The van der Waals surface area contributed by atoms with Crippen LogP contribution in [0.4, 0.5) is 4.39 Å². The zero-order chi connectivity index (χ0) is 14.5. The van der Waals surface area contributed by atoms with E-state index < -0.39 is 5.24 Å². The molecule has 2 rings (SSSR count). The van der Waals surface area contributed by atoms with Gasteiger partial charge in [0, 0.05) is 5.56 Å². The van der Waals surface area contributed by atoms with Gasteiger partial charge in [-0.2, -0.15) is 0 Å². The lowest BCUT2D eigenvalue weighted by Crippen LogP contribution is -1.99. The van der Waals surface area contributed by atoms with Crippen LogP contribution in [-0.2, 0) is 6.61 Å².